The fourth-order valence-corrected chi connectivity index (χ4v) is 1.75. The summed E-state index contributed by atoms with van der Waals surface area (Å²) in [4.78, 5) is 11.3. The summed E-state index contributed by atoms with van der Waals surface area (Å²) in [5, 5.41) is 0. The van der Waals surface area contributed by atoms with E-state index in [9.17, 15) is 4.79 Å². The van der Waals surface area contributed by atoms with Gasteiger partial charge in [0.2, 0.25) is 0 Å². The molecule has 0 radical (unpaired) electrons. The van der Waals surface area contributed by atoms with Crippen molar-refractivity contribution in [1.82, 2.24) is 0 Å². The summed E-state index contributed by atoms with van der Waals surface area (Å²) >= 11 is 0. The molecule has 0 aliphatic rings. The van der Waals surface area contributed by atoms with Crippen molar-refractivity contribution in [1.29, 1.82) is 0 Å². The lowest BCUT2D eigenvalue weighted by Crippen LogP contribution is -2.30. The summed E-state index contributed by atoms with van der Waals surface area (Å²) in [6, 6.07) is 0.615. The van der Waals surface area contributed by atoms with Crippen LogP contribution in [0.25, 0.3) is 0 Å². The number of esters is 1. The number of carbonyl (C=O) groups is 1. The van der Waals surface area contributed by atoms with Crippen LogP contribution < -0.4 is 0 Å². The van der Waals surface area contributed by atoms with Gasteiger partial charge in [0, 0.05) is 6.04 Å². The third-order valence-electron chi connectivity index (χ3n) is 1.09. The summed E-state index contributed by atoms with van der Waals surface area (Å²) < 4.78 is 5.21. The summed E-state index contributed by atoms with van der Waals surface area (Å²) in [5.41, 5.74) is -0.337. The molecule has 0 amide bonds. The Morgan fingerprint density at radius 3 is 1.92 bits per heavy atom. The molecule has 0 aliphatic carbocycles. The van der Waals surface area contributed by atoms with Gasteiger partial charge in [0.15, 0.2) is 0 Å². The Hall–Kier alpha value is -0.313. The Labute approximate surface area is 76.3 Å². The van der Waals surface area contributed by atoms with Crippen LogP contribution in [0.2, 0.25) is 25.7 Å². The van der Waals surface area contributed by atoms with E-state index in [4.69, 9.17) is 4.74 Å². The first-order valence-corrected chi connectivity index (χ1v) is 8.03. The van der Waals surface area contributed by atoms with Crippen molar-refractivity contribution in [2.45, 2.75) is 52.1 Å². The van der Waals surface area contributed by atoms with Crippen molar-refractivity contribution in [2.24, 2.45) is 0 Å². The van der Waals surface area contributed by atoms with Crippen molar-refractivity contribution in [3.8, 4) is 0 Å². The molecule has 0 bridgehead atoms. The molecule has 0 rings (SSSR count). The fourth-order valence-electron chi connectivity index (χ4n) is 0.811. The lowest BCUT2D eigenvalue weighted by molar-refractivity contribution is -0.151. The Morgan fingerprint density at radius 2 is 1.67 bits per heavy atom. The van der Waals surface area contributed by atoms with E-state index in [1.165, 1.54) is 0 Å². The van der Waals surface area contributed by atoms with Crippen LogP contribution in [-0.4, -0.2) is 19.6 Å². The van der Waals surface area contributed by atoms with Crippen LogP contribution in [-0.2, 0) is 9.53 Å². The van der Waals surface area contributed by atoms with Gasteiger partial charge in [-0.3, -0.25) is 4.79 Å². The molecule has 72 valence electrons. The molecule has 0 aromatic heterocycles. The summed E-state index contributed by atoms with van der Waals surface area (Å²) in [6.07, 6.45) is 0. The van der Waals surface area contributed by atoms with Gasteiger partial charge in [0.05, 0.1) is 8.07 Å². The maximum Gasteiger partial charge on any atom is 0.303 e. The summed E-state index contributed by atoms with van der Waals surface area (Å²) in [6.45, 7) is 12.2. The third-order valence-corrected chi connectivity index (χ3v) is 2.44. The average Bonchev–Trinajstić information content (AvgIpc) is 1.49. The van der Waals surface area contributed by atoms with Crippen LogP contribution in [0.5, 0.6) is 0 Å². The van der Waals surface area contributed by atoms with Crippen LogP contribution in [0.15, 0.2) is 0 Å². The van der Waals surface area contributed by atoms with E-state index in [1.54, 1.807) is 0 Å². The maximum atomic E-state index is 11.3. The van der Waals surface area contributed by atoms with Crippen LogP contribution in [0.1, 0.15) is 20.8 Å². The first-order valence-electron chi connectivity index (χ1n) is 4.32. The minimum absolute atomic E-state index is 0.0540. The molecule has 0 saturated heterocycles. The van der Waals surface area contributed by atoms with E-state index in [-0.39, 0.29) is 11.6 Å². The molecule has 0 aliphatic heterocycles. The van der Waals surface area contributed by atoms with Crippen molar-refractivity contribution < 1.29 is 9.53 Å². The molecule has 0 spiro atoms. The quantitative estimate of drug-likeness (QED) is 0.492. The van der Waals surface area contributed by atoms with Gasteiger partial charge >= 0.3 is 5.97 Å². The minimum atomic E-state index is -1.29. The monoisotopic (exact) mass is 188 g/mol. The van der Waals surface area contributed by atoms with Crippen molar-refractivity contribution >= 4 is 14.0 Å². The molecule has 3 heteroatoms. The molecule has 0 saturated carbocycles. The highest BCUT2D eigenvalue weighted by Crippen LogP contribution is 2.14. The topological polar surface area (TPSA) is 26.3 Å². The maximum absolute atomic E-state index is 11.3. The van der Waals surface area contributed by atoms with E-state index in [1.807, 2.05) is 20.8 Å². The molecular weight excluding hydrogens is 168 g/mol. The predicted octanol–water partition coefficient (Wildman–Crippen LogP) is 2.67. The average molecular weight is 188 g/mol. The zero-order valence-electron chi connectivity index (χ0n) is 9.02. The van der Waals surface area contributed by atoms with Crippen LogP contribution in [0, 0.1) is 0 Å². The lowest BCUT2D eigenvalue weighted by atomic mass is 10.2. The van der Waals surface area contributed by atoms with Gasteiger partial charge < -0.3 is 4.74 Å². The molecular formula is C9H20O2Si. The molecule has 0 N–H and O–H groups in total. The second-order valence-corrected chi connectivity index (χ2v) is 10.8. The Balaban J connectivity index is 3.92. The lowest BCUT2D eigenvalue weighted by Gasteiger charge is -2.22. The van der Waals surface area contributed by atoms with Gasteiger partial charge in [0.25, 0.3) is 0 Å². The zero-order valence-corrected chi connectivity index (χ0v) is 10.0. The Bertz CT molecular complexity index is 144. The Kier molecular flexibility index (Phi) is 3.51. The van der Waals surface area contributed by atoms with E-state index in [0.29, 0.717) is 6.04 Å². The first-order chi connectivity index (χ1) is 5.10. The first kappa shape index (κ1) is 11.7. The van der Waals surface area contributed by atoms with E-state index >= 15 is 0 Å². The zero-order chi connectivity index (χ0) is 9.99. The summed E-state index contributed by atoms with van der Waals surface area (Å²) in [5.74, 6) is -0.0540. The van der Waals surface area contributed by atoms with E-state index in [0.717, 1.165) is 0 Å². The summed E-state index contributed by atoms with van der Waals surface area (Å²) in [7, 11) is -1.29. The molecule has 0 aromatic carbocycles. The molecule has 0 heterocycles. The standard InChI is InChI=1S/C9H20O2Si/c1-9(2,3)11-8(10)7-12(4,5)6/h7H2,1-6H3. The van der Waals surface area contributed by atoms with Gasteiger partial charge in [-0.15, -0.1) is 0 Å². The number of ether oxygens (including phenoxy) is 1. The Morgan fingerprint density at radius 1 is 1.25 bits per heavy atom. The van der Waals surface area contributed by atoms with Gasteiger partial charge in [0.1, 0.15) is 5.60 Å². The van der Waals surface area contributed by atoms with Gasteiger partial charge in [-0.1, -0.05) is 19.6 Å². The predicted molar refractivity (Wildman–Crippen MR) is 54.0 cm³/mol. The van der Waals surface area contributed by atoms with Crippen molar-refractivity contribution in [2.75, 3.05) is 0 Å². The molecule has 0 atom stereocenters. The number of carbonyl (C=O) groups excluding carboxylic acids is 1. The van der Waals surface area contributed by atoms with Crippen LogP contribution >= 0.6 is 0 Å². The third kappa shape index (κ3) is 7.79. The highest BCUT2D eigenvalue weighted by Gasteiger charge is 2.23. The van der Waals surface area contributed by atoms with Gasteiger partial charge in [-0.05, 0) is 20.8 Å². The fraction of sp³-hybridized carbons (Fsp3) is 0.889. The molecule has 2 nitrogen and oxygen atoms in total. The number of hydrogen-bond donors (Lipinski definition) is 0. The molecule has 12 heavy (non-hydrogen) atoms. The van der Waals surface area contributed by atoms with E-state index in [2.05, 4.69) is 19.6 Å². The highest BCUT2D eigenvalue weighted by atomic mass is 28.3. The molecule has 0 fully saturated rings. The second kappa shape index (κ2) is 3.60. The second-order valence-electron chi connectivity index (χ2n) is 5.32. The van der Waals surface area contributed by atoms with Crippen molar-refractivity contribution in [3.63, 3.8) is 0 Å². The number of hydrogen-bond acceptors (Lipinski definition) is 2. The van der Waals surface area contributed by atoms with Crippen LogP contribution in [0.4, 0.5) is 0 Å². The SMILES string of the molecule is CC(C)(C)OC(=O)C[Si](C)(C)C. The smallest absolute Gasteiger partial charge is 0.303 e. The van der Waals surface area contributed by atoms with Gasteiger partial charge in [-0.2, -0.15) is 0 Å². The highest BCUT2D eigenvalue weighted by molar-refractivity contribution is 6.78. The number of rotatable bonds is 2. The van der Waals surface area contributed by atoms with E-state index < -0.39 is 8.07 Å². The normalized spacial score (nSPS) is 12.8. The van der Waals surface area contributed by atoms with Crippen molar-refractivity contribution in [3.05, 3.63) is 0 Å². The van der Waals surface area contributed by atoms with Gasteiger partial charge in [-0.25, -0.2) is 0 Å². The molecule has 0 aromatic rings. The van der Waals surface area contributed by atoms with Crippen LogP contribution in [0.3, 0.4) is 0 Å². The molecule has 0 unspecified atom stereocenters. The minimum Gasteiger partial charge on any atom is -0.460 e. The largest absolute Gasteiger partial charge is 0.460 e.